The fourth-order valence-corrected chi connectivity index (χ4v) is 3.98. The minimum Gasteiger partial charge on any atom is -0.319 e. The van der Waals surface area contributed by atoms with Crippen molar-refractivity contribution in [3.05, 3.63) is 58.9 Å². The number of benzene rings is 2. The predicted molar refractivity (Wildman–Crippen MR) is 95.9 cm³/mol. The number of halogens is 2. The number of hydrogen-bond acceptors (Lipinski definition) is 3. The highest BCUT2D eigenvalue weighted by molar-refractivity contribution is 7.89. The van der Waals surface area contributed by atoms with E-state index in [2.05, 4.69) is 5.32 Å². The molecule has 1 amide bonds. The fourth-order valence-electron chi connectivity index (χ4n) is 2.31. The summed E-state index contributed by atoms with van der Waals surface area (Å²) in [6, 6.07) is 9.86. The third kappa shape index (κ3) is 4.18. The van der Waals surface area contributed by atoms with Crippen LogP contribution < -0.4 is 5.32 Å². The van der Waals surface area contributed by atoms with Gasteiger partial charge in [-0.05, 0) is 30.3 Å². The van der Waals surface area contributed by atoms with Crippen LogP contribution in [0.1, 0.15) is 24.2 Å². The van der Waals surface area contributed by atoms with Crippen molar-refractivity contribution in [2.45, 2.75) is 18.7 Å². The predicted octanol–water partition coefficient (Wildman–Crippen LogP) is 3.76. The van der Waals surface area contributed by atoms with Gasteiger partial charge in [0, 0.05) is 18.7 Å². The Labute approximate surface area is 151 Å². The van der Waals surface area contributed by atoms with Gasteiger partial charge in [0.2, 0.25) is 10.0 Å². The number of hydrogen-bond donors (Lipinski definition) is 1. The zero-order chi connectivity index (χ0) is 18.6. The maximum absolute atomic E-state index is 13.9. The Bertz CT molecular complexity index is 883. The standard InChI is InChI=1S/C17H18ClFN2O3S/c1-3-21(4-2)25(23,24)13-8-5-7-12(11-13)17(22)20-15-10-6-9-14(18)16(15)19/h5-11H,3-4H2,1-2H3,(H,20,22). The molecule has 0 atom stereocenters. The van der Waals surface area contributed by atoms with Crippen molar-refractivity contribution in [1.82, 2.24) is 4.31 Å². The Morgan fingerprint density at radius 3 is 2.44 bits per heavy atom. The van der Waals surface area contributed by atoms with Crippen molar-refractivity contribution in [3.63, 3.8) is 0 Å². The number of carbonyl (C=O) groups excluding carboxylic acids is 1. The number of rotatable bonds is 6. The van der Waals surface area contributed by atoms with Gasteiger partial charge in [0.1, 0.15) is 0 Å². The second-order valence-corrected chi connectivity index (χ2v) is 7.52. The summed E-state index contributed by atoms with van der Waals surface area (Å²) in [6.07, 6.45) is 0. The Morgan fingerprint density at radius 2 is 1.80 bits per heavy atom. The van der Waals surface area contributed by atoms with Gasteiger partial charge < -0.3 is 5.32 Å². The molecule has 0 unspecified atom stereocenters. The van der Waals surface area contributed by atoms with Crippen LogP contribution >= 0.6 is 11.6 Å². The van der Waals surface area contributed by atoms with Gasteiger partial charge in [-0.15, -0.1) is 0 Å². The molecule has 134 valence electrons. The van der Waals surface area contributed by atoms with E-state index in [1.807, 2.05) is 0 Å². The summed E-state index contributed by atoms with van der Waals surface area (Å²) in [7, 11) is -3.69. The second-order valence-electron chi connectivity index (χ2n) is 5.17. The molecule has 0 saturated heterocycles. The van der Waals surface area contributed by atoms with Gasteiger partial charge in [0.15, 0.2) is 5.82 Å². The van der Waals surface area contributed by atoms with Crippen molar-refractivity contribution in [2.75, 3.05) is 18.4 Å². The molecule has 2 aromatic rings. The third-order valence-electron chi connectivity index (χ3n) is 3.64. The topological polar surface area (TPSA) is 66.5 Å². The van der Waals surface area contributed by atoms with Crippen LogP contribution in [-0.4, -0.2) is 31.7 Å². The Hall–Kier alpha value is -1.96. The lowest BCUT2D eigenvalue weighted by atomic mass is 10.2. The molecule has 0 fully saturated rings. The molecule has 1 N–H and O–H groups in total. The summed E-state index contributed by atoms with van der Waals surface area (Å²) in [5.41, 5.74) is 0.0297. The van der Waals surface area contributed by atoms with E-state index in [1.54, 1.807) is 13.8 Å². The molecular formula is C17H18ClFN2O3S. The first-order valence-electron chi connectivity index (χ1n) is 7.66. The minimum atomic E-state index is -3.69. The fraction of sp³-hybridized carbons (Fsp3) is 0.235. The monoisotopic (exact) mass is 384 g/mol. The van der Waals surface area contributed by atoms with E-state index in [0.29, 0.717) is 13.1 Å². The van der Waals surface area contributed by atoms with E-state index < -0.39 is 21.7 Å². The van der Waals surface area contributed by atoms with Gasteiger partial charge in [0.25, 0.3) is 5.91 Å². The molecule has 2 aromatic carbocycles. The molecule has 0 bridgehead atoms. The highest BCUT2D eigenvalue weighted by Gasteiger charge is 2.22. The molecule has 2 rings (SSSR count). The van der Waals surface area contributed by atoms with Crippen molar-refractivity contribution >= 4 is 33.2 Å². The van der Waals surface area contributed by atoms with Crippen LogP contribution in [-0.2, 0) is 10.0 Å². The summed E-state index contributed by atoms with van der Waals surface area (Å²) in [5.74, 6) is -1.37. The van der Waals surface area contributed by atoms with Gasteiger partial charge in [-0.1, -0.05) is 37.6 Å². The lowest BCUT2D eigenvalue weighted by Crippen LogP contribution is -2.30. The van der Waals surface area contributed by atoms with Crippen LogP contribution in [0.15, 0.2) is 47.4 Å². The zero-order valence-electron chi connectivity index (χ0n) is 13.8. The Morgan fingerprint density at radius 1 is 1.16 bits per heavy atom. The van der Waals surface area contributed by atoms with Gasteiger partial charge >= 0.3 is 0 Å². The highest BCUT2D eigenvalue weighted by Crippen LogP contribution is 2.23. The van der Waals surface area contributed by atoms with Gasteiger partial charge in [0.05, 0.1) is 15.6 Å². The lowest BCUT2D eigenvalue weighted by molar-refractivity contribution is 0.102. The molecule has 0 aliphatic carbocycles. The van der Waals surface area contributed by atoms with Crippen LogP contribution in [0.2, 0.25) is 5.02 Å². The van der Waals surface area contributed by atoms with E-state index >= 15 is 0 Å². The summed E-state index contributed by atoms with van der Waals surface area (Å²) >= 11 is 5.68. The number of nitrogens with one attached hydrogen (secondary N) is 1. The number of amides is 1. The zero-order valence-corrected chi connectivity index (χ0v) is 15.4. The molecule has 8 heteroatoms. The summed E-state index contributed by atoms with van der Waals surface area (Å²) in [5, 5.41) is 2.28. The first-order chi connectivity index (χ1) is 11.8. The van der Waals surface area contributed by atoms with Crippen LogP contribution in [0.4, 0.5) is 10.1 Å². The second kappa shape index (κ2) is 7.95. The average molecular weight is 385 g/mol. The van der Waals surface area contributed by atoms with Gasteiger partial charge in [-0.25, -0.2) is 12.8 Å². The molecule has 0 aromatic heterocycles. The van der Waals surface area contributed by atoms with Crippen molar-refractivity contribution in [1.29, 1.82) is 0 Å². The minimum absolute atomic E-state index is 0.00964. The Balaban J connectivity index is 2.32. The summed E-state index contributed by atoms with van der Waals surface area (Å²) in [4.78, 5) is 12.3. The summed E-state index contributed by atoms with van der Waals surface area (Å²) < 4.78 is 40.3. The molecule has 5 nitrogen and oxygen atoms in total. The molecule has 0 radical (unpaired) electrons. The normalized spacial score (nSPS) is 11.6. The Kier molecular flexibility index (Phi) is 6.16. The van der Waals surface area contributed by atoms with Crippen molar-refractivity contribution in [3.8, 4) is 0 Å². The summed E-state index contributed by atoms with van der Waals surface area (Å²) in [6.45, 7) is 4.12. The smallest absolute Gasteiger partial charge is 0.255 e. The maximum Gasteiger partial charge on any atom is 0.255 e. The number of carbonyl (C=O) groups is 1. The first kappa shape index (κ1) is 19.4. The molecule has 0 saturated carbocycles. The van der Waals surface area contributed by atoms with E-state index in [4.69, 9.17) is 11.6 Å². The van der Waals surface area contributed by atoms with Crippen molar-refractivity contribution in [2.24, 2.45) is 0 Å². The lowest BCUT2D eigenvalue weighted by Gasteiger charge is -2.18. The third-order valence-corrected chi connectivity index (χ3v) is 5.98. The number of anilines is 1. The maximum atomic E-state index is 13.9. The molecule has 0 heterocycles. The van der Waals surface area contributed by atoms with Crippen molar-refractivity contribution < 1.29 is 17.6 Å². The quantitative estimate of drug-likeness (QED) is 0.824. The molecule has 0 aliphatic rings. The van der Waals surface area contributed by atoms with Gasteiger partial charge in [-0.2, -0.15) is 4.31 Å². The van der Waals surface area contributed by atoms with E-state index in [0.717, 1.165) is 0 Å². The van der Waals surface area contributed by atoms with Crippen LogP contribution in [0.5, 0.6) is 0 Å². The molecule has 0 aliphatic heterocycles. The molecular weight excluding hydrogens is 367 g/mol. The van der Waals surface area contributed by atoms with E-state index in [1.165, 1.54) is 46.8 Å². The molecule has 25 heavy (non-hydrogen) atoms. The average Bonchev–Trinajstić information content (AvgIpc) is 2.60. The highest BCUT2D eigenvalue weighted by atomic mass is 35.5. The molecule has 0 spiro atoms. The first-order valence-corrected chi connectivity index (χ1v) is 9.48. The number of sulfonamides is 1. The van der Waals surface area contributed by atoms with E-state index in [9.17, 15) is 17.6 Å². The largest absolute Gasteiger partial charge is 0.319 e. The SMILES string of the molecule is CCN(CC)S(=O)(=O)c1cccc(C(=O)Nc2cccc(Cl)c2F)c1. The van der Waals surface area contributed by atoms with Crippen LogP contribution in [0, 0.1) is 5.82 Å². The van der Waals surface area contributed by atoms with E-state index in [-0.39, 0.29) is 21.2 Å². The number of nitrogens with zero attached hydrogens (tertiary/aromatic N) is 1. The van der Waals surface area contributed by atoms with Gasteiger partial charge in [-0.3, -0.25) is 4.79 Å². The van der Waals surface area contributed by atoms with Crippen LogP contribution in [0.3, 0.4) is 0 Å². The van der Waals surface area contributed by atoms with Crippen LogP contribution in [0.25, 0.3) is 0 Å².